The normalized spacial score (nSPS) is 17.5. The maximum atomic E-state index is 6.20. The number of aryl methyl sites for hydroxylation is 1. The van der Waals surface area contributed by atoms with Gasteiger partial charge in [-0.15, -0.1) is 10.2 Å². The predicted octanol–water partition coefficient (Wildman–Crippen LogP) is 2.41. The van der Waals surface area contributed by atoms with Gasteiger partial charge >= 0.3 is 7.12 Å². The third kappa shape index (κ3) is 3.53. The first-order valence-corrected chi connectivity index (χ1v) is 10.4. The molecular weight excluding hydrogens is 391 g/mol. The van der Waals surface area contributed by atoms with E-state index in [2.05, 4.69) is 55.1 Å². The van der Waals surface area contributed by atoms with E-state index in [-0.39, 0.29) is 11.2 Å². The summed E-state index contributed by atoms with van der Waals surface area (Å²) in [6, 6.07) is 12.1. The van der Waals surface area contributed by atoms with Gasteiger partial charge in [-0.25, -0.2) is 0 Å². The van der Waals surface area contributed by atoms with Crippen molar-refractivity contribution < 1.29 is 9.31 Å². The van der Waals surface area contributed by atoms with Gasteiger partial charge in [-0.3, -0.25) is 4.68 Å². The molecular formula is C22H25BN6O2. The van der Waals surface area contributed by atoms with Gasteiger partial charge in [0.05, 0.1) is 23.1 Å². The summed E-state index contributed by atoms with van der Waals surface area (Å²) >= 11 is 0. The Bertz CT molecular complexity index is 1250. The van der Waals surface area contributed by atoms with Crippen molar-refractivity contribution in [3.63, 3.8) is 0 Å². The van der Waals surface area contributed by atoms with Crippen LogP contribution >= 0.6 is 0 Å². The van der Waals surface area contributed by atoms with Crippen LogP contribution < -0.4 is 5.46 Å². The fraction of sp³-hybridized carbons (Fsp3) is 0.364. The van der Waals surface area contributed by atoms with Gasteiger partial charge in [0.1, 0.15) is 0 Å². The smallest absolute Gasteiger partial charge is 0.399 e. The first-order chi connectivity index (χ1) is 14.7. The van der Waals surface area contributed by atoms with Crippen LogP contribution in [0, 0.1) is 0 Å². The maximum Gasteiger partial charge on any atom is 0.494 e. The highest BCUT2D eigenvalue weighted by atomic mass is 16.7. The van der Waals surface area contributed by atoms with Crippen molar-refractivity contribution in [3.8, 4) is 11.3 Å². The molecule has 31 heavy (non-hydrogen) atoms. The van der Waals surface area contributed by atoms with Gasteiger partial charge in [0.25, 0.3) is 0 Å². The minimum Gasteiger partial charge on any atom is -0.399 e. The van der Waals surface area contributed by atoms with E-state index < -0.39 is 7.12 Å². The van der Waals surface area contributed by atoms with Crippen molar-refractivity contribution in [2.24, 2.45) is 7.05 Å². The van der Waals surface area contributed by atoms with Crippen LogP contribution in [0.5, 0.6) is 0 Å². The van der Waals surface area contributed by atoms with Gasteiger partial charge in [0, 0.05) is 25.2 Å². The average molecular weight is 416 g/mol. The van der Waals surface area contributed by atoms with Crippen LogP contribution in [0.4, 0.5) is 0 Å². The minimum atomic E-state index is -0.393. The van der Waals surface area contributed by atoms with Crippen molar-refractivity contribution in [1.82, 2.24) is 29.6 Å². The molecule has 0 aliphatic carbocycles. The summed E-state index contributed by atoms with van der Waals surface area (Å²) in [6.45, 7) is 8.24. The molecule has 0 amide bonds. The third-order valence-corrected chi connectivity index (χ3v) is 6.17. The number of hydrogen-bond donors (Lipinski definition) is 0. The van der Waals surface area contributed by atoms with Crippen molar-refractivity contribution in [2.45, 2.75) is 45.3 Å². The van der Waals surface area contributed by atoms with E-state index in [0.29, 0.717) is 12.1 Å². The molecule has 5 rings (SSSR count). The molecule has 1 aromatic carbocycles. The third-order valence-electron chi connectivity index (χ3n) is 6.17. The molecule has 158 valence electrons. The van der Waals surface area contributed by atoms with E-state index >= 15 is 0 Å². The summed E-state index contributed by atoms with van der Waals surface area (Å²) < 4.78 is 16.0. The Balaban J connectivity index is 1.43. The molecule has 9 heteroatoms. The quantitative estimate of drug-likeness (QED) is 0.476. The van der Waals surface area contributed by atoms with Gasteiger partial charge < -0.3 is 9.31 Å². The van der Waals surface area contributed by atoms with E-state index in [1.165, 1.54) is 0 Å². The molecule has 8 nitrogen and oxygen atoms in total. The van der Waals surface area contributed by atoms with Crippen LogP contribution in [-0.2, 0) is 22.8 Å². The van der Waals surface area contributed by atoms with E-state index in [1.54, 1.807) is 15.4 Å². The topological polar surface area (TPSA) is 79.4 Å². The fourth-order valence-corrected chi connectivity index (χ4v) is 3.66. The summed E-state index contributed by atoms with van der Waals surface area (Å²) in [4.78, 5) is 0. The largest absolute Gasteiger partial charge is 0.494 e. The van der Waals surface area contributed by atoms with E-state index in [1.807, 2.05) is 37.5 Å². The van der Waals surface area contributed by atoms with Gasteiger partial charge in [-0.2, -0.15) is 14.7 Å². The van der Waals surface area contributed by atoms with Crippen LogP contribution in [0.2, 0.25) is 0 Å². The van der Waals surface area contributed by atoms with Crippen molar-refractivity contribution in [1.29, 1.82) is 0 Å². The fourth-order valence-electron chi connectivity index (χ4n) is 3.66. The molecule has 1 aliphatic rings. The number of nitrogens with zero attached hydrogens (tertiary/aromatic N) is 6. The van der Waals surface area contributed by atoms with E-state index in [0.717, 1.165) is 28.1 Å². The molecule has 0 saturated carbocycles. The number of aromatic nitrogens is 6. The van der Waals surface area contributed by atoms with Crippen LogP contribution in [0.15, 0.2) is 48.8 Å². The lowest BCUT2D eigenvalue weighted by Crippen LogP contribution is -2.41. The molecule has 1 aliphatic heterocycles. The highest BCUT2D eigenvalue weighted by Gasteiger charge is 2.51. The summed E-state index contributed by atoms with van der Waals surface area (Å²) in [5, 5.41) is 17.6. The molecule has 1 saturated heterocycles. The zero-order chi connectivity index (χ0) is 21.8. The Labute approximate surface area is 181 Å². The van der Waals surface area contributed by atoms with Crippen LogP contribution in [0.1, 0.15) is 39.1 Å². The minimum absolute atomic E-state index is 0.372. The summed E-state index contributed by atoms with van der Waals surface area (Å²) in [6.07, 6.45) is 4.33. The molecule has 4 aromatic rings. The Kier molecular flexibility index (Phi) is 4.49. The molecule has 0 bridgehead atoms. The number of benzene rings is 1. The second-order valence-corrected chi connectivity index (χ2v) is 9.02. The van der Waals surface area contributed by atoms with Gasteiger partial charge in [0.2, 0.25) is 0 Å². The highest BCUT2D eigenvalue weighted by molar-refractivity contribution is 6.62. The molecule has 0 radical (unpaired) electrons. The Morgan fingerprint density at radius 2 is 1.77 bits per heavy atom. The second kappa shape index (κ2) is 7.00. The maximum absolute atomic E-state index is 6.20. The Morgan fingerprint density at radius 3 is 2.48 bits per heavy atom. The van der Waals surface area contributed by atoms with Crippen molar-refractivity contribution in [2.75, 3.05) is 0 Å². The molecule has 3 aromatic heterocycles. The van der Waals surface area contributed by atoms with Gasteiger partial charge in [-0.05, 0) is 50.9 Å². The first kappa shape index (κ1) is 19.9. The average Bonchev–Trinajstić information content (AvgIpc) is 3.38. The highest BCUT2D eigenvalue weighted by Crippen LogP contribution is 2.36. The molecule has 0 atom stereocenters. The summed E-state index contributed by atoms with van der Waals surface area (Å²) in [7, 11) is 1.49. The number of rotatable bonds is 4. The standard InChI is InChI=1S/C22H25BN6O2/c1-21(2)22(3,4)31-23(30-21)17-8-6-7-15(11-17)12-20-26-25-19-10-9-18(27-29(19)20)16-13-24-28(5)14-16/h6-11,13-14H,12H2,1-5H3. The van der Waals surface area contributed by atoms with Crippen molar-refractivity contribution >= 4 is 18.2 Å². The summed E-state index contributed by atoms with van der Waals surface area (Å²) in [5.74, 6) is 0.770. The molecule has 0 spiro atoms. The first-order valence-electron chi connectivity index (χ1n) is 10.4. The van der Waals surface area contributed by atoms with Crippen LogP contribution in [-0.4, -0.2) is 47.9 Å². The Morgan fingerprint density at radius 1 is 1.00 bits per heavy atom. The predicted molar refractivity (Wildman–Crippen MR) is 118 cm³/mol. The number of fused-ring (bicyclic) bond motifs is 1. The van der Waals surface area contributed by atoms with Crippen LogP contribution in [0.25, 0.3) is 16.9 Å². The summed E-state index contributed by atoms with van der Waals surface area (Å²) in [5.41, 5.74) is 3.83. The van der Waals surface area contributed by atoms with Crippen molar-refractivity contribution in [3.05, 3.63) is 60.2 Å². The second-order valence-electron chi connectivity index (χ2n) is 9.02. The monoisotopic (exact) mass is 416 g/mol. The Hall–Kier alpha value is -3.04. The molecule has 1 fully saturated rings. The zero-order valence-electron chi connectivity index (χ0n) is 18.4. The van der Waals surface area contributed by atoms with E-state index in [4.69, 9.17) is 14.4 Å². The molecule has 0 unspecified atom stereocenters. The van der Waals surface area contributed by atoms with Crippen LogP contribution in [0.3, 0.4) is 0 Å². The lowest BCUT2D eigenvalue weighted by atomic mass is 9.78. The number of hydrogen-bond acceptors (Lipinski definition) is 6. The van der Waals surface area contributed by atoms with E-state index in [9.17, 15) is 0 Å². The lowest BCUT2D eigenvalue weighted by molar-refractivity contribution is 0.00578. The molecule has 4 heterocycles. The van der Waals surface area contributed by atoms with Gasteiger partial charge in [0.15, 0.2) is 11.5 Å². The SMILES string of the molecule is Cn1cc(-c2ccc3nnc(Cc4cccc(B5OC(C)(C)C(C)(C)O5)c4)n3n2)cn1. The van der Waals surface area contributed by atoms with Gasteiger partial charge in [-0.1, -0.05) is 24.3 Å². The molecule has 0 N–H and O–H groups in total. The lowest BCUT2D eigenvalue weighted by Gasteiger charge is -2.32. The zero-order valence-corrected chi connectivity index (χ0v) is 18.4.